The zero-order chi connectivity index (χ0) is 15.1. The van der Waals surface area contributed by atoms with E-state index in [1.165, 1.54) is 6.07 Å². The van der Waals surface area contributed by atoms with E-state index in [1.54, 1.807) is 6.07 Å². The summed E-state index contributed by atoms with van der Waals surface area (Å²) in [7, 11) is 3.72. The predicted octanol–water partition coefficient (Wildman–Crippen LogP) is 2.61. The van der Waals surface area contributed by atoms with Crippen molar-refractivity contribution in [1.29, 1.82) is 0 Å². The highest BCUT2D eigenvalue weighted by atomic mass is 19.4. The molecule has 1 aromatic rings. The van der Waals surface area contributed by atoms with Gasteiger partial charge in [-0.3, -0.25) is 4.79 Å². The molecule has 1 heterocycles. The fourth-order valence-corrected chi connectivity index (χ4v) is 2.54. The van der Waals surface area contributed by atoms with Gasteiger partial charge in [0.25, 0.3) is 5.91 Å². The molecule has 0 aliphatic carbocycles. The van der Waals surface area contributed by atoms with Crippen molar-refractivity contribution >= 4 is 5.91 Å². The van der Waals surface area contributed by atoms with E-state index in [9.17, 15) is 18.0 Å². The molecule has 110 valence electrons. The molecule has 0 saturated heterocycles. The summed E-state index contributed by atoms with van der Waals surface area (Å²) in [6.45, 7) is 2.43. The molecule has 0 saturated carbocycles. The molecule has 1 aliphatic heterocycles. The van der Waals surface area contributed by atoms with Crippen molar-refractivity contribution in [3.05, 3.63) is 34.4 Å². The van der Waals surface area contributed by atoms with Crippen molar-refractivity contribution in [2.45, 2.75) is 25.6 Å². The number of hydrogen-bond acceptors (Lipinski definition) is 2. The summed E-state index contributed by atoms with van der Waals surface area (Å²) in [5.41, 5.74) is 0.0551. The van der Waals surface area contributed by atoms with Gasteiger partial charge in [-0.2, -0.15) is 13.2 Å². The average molecular weight is 286 g/mol. The van der Waals surface area contributed by atoms with Gasteiger partial charge in [-0.15, -0.1) is 0 Å². The Morgan fingerprint density at radius 1 is 1.35 bits per heavy atom. The Bertz CT molecular complexity index is 538. The second-order valence-corrected chi connectivity index (χ2v) is 5.44. The lowest BCUT2D eigenvalue weighted by Gasteiger charge is -2.20. The molecule has 3 nitrogen and oxygen atoms in total. The molecule has 1 unspecified atom stereocenters. The Hall–Kier alpha value is -1.56. The van der Waals surface area contributed by atoms with E-state index in [0.29, 0.717) is 12.1 Å². The maximum Gasteiger partial charge on any atom is 0.416 e. The largest absolute Gasteiger partial charge is 0.416 e. The lowest BCUT2D eigenvalue weighted by atomic mass is 9.92. The van der Waals surface area contributed by atoms with Crippen molar-refractivity contribution in [2.75, 3.05) is 20.6 Å². The molecule has 1 amide bonds. The van der Waals surface area contributed by atoms with Gasteiger partial charge in [0.2, 0.25) is 0 Å². The molecule has 0 bridgehead atoms. The number of hydrogen-bond donors (Lipinski definition) is 1. The first-order chi connectivity index (χ1) is 9.20. The van der Waals surface area contributed by atoms with Crippen LogP contribution in [0.15, 0.2) is 12.1 Å². The molecule has 0 aromatic heterocycles. The summed E-state index contributed by atoms with van der Waals surface area (Å²) in [5, 5.41) is 2.46. The van der Waals surface area contributed by atoms with Crippen LogP contribution in [-0.2, 0) is 12.7 Å². The molecule has 1 aromatic carbocycles. The molecule has 1 atom stereocenters. The third kappa shape index (κ3) is 2.80. The van der Waals surface area contributed by atoms with Gasteiger partial charge in [0.1, 0.15) is 0 Å². The zero-order valence-corrected chi connectivity index (χ0v) is 11.6. The maximum atomic E-state index is 13.1. The Morgan fingerprint density at radius 2 is 2.00 bits per heavy atom. The average Bonchev–Trinajstić information content (AvgIpc) is 2.68. The molecule has 1 aliphatic rings. The second-order valence-electron chi connectivity index (χ2n) is 5.44. The Balaban J connectivity index is 2.51. The molecular weight excluding hydrogens is 269 g/mol. The van der Waals surface area contributed by atoms with Crippen LogP contribution in [0, 0.1) is 0 Å². The van der Waals surface area contributed by atoms with E-state index in [1.807, 2.05) is 25.9 Å². The van der Waals surface area contributed by atoms with Crippen LogP contribution in [-0.4, -0.2) is 31.4 Å². The van der Waals surface area contributed by atoms with Crippen molar-refractivity contribution in [3.63, 3.8) is 0 Å². The molecule has 20 heavy (non-hydrogen) atoms. The van der Waals surface area contributed by atoms with E-state index < -0.39 is 17.6 Å². The van der Waals surface area contributed by atoms with Crippen molar-refractivity contribution in [3.8, 4) is 0 Å². The molecule has 0 spiro atoms. The van der Waals surface area contributed by atoms with Crippen molar-refractivity contribution < 1.29 is 18.0 Å². The quantitative estimate of drug-likeness (QED) is 0.926. The topological polar surface area (TPSA) is 32.3 Å². The summed E-state index contributed by atoms with van der Waals surface area (Å²) < 4.78 is 39.4. The number of likely N-dealkylation sites (N-methyl/N-ethyl adjacent to an activating group) is 1. The molecule has 6 heteroatoms. The van der Waals surface area contributed by atoms with Crippen LogP contribution >= 0.6 is 0 Å². The monoisotopic (exact) mass is 286 g/mol. The first kappa shape index (κ1) is 14.8. The van der Waals surface area contributed by atoms with E-state index in [-0.39, 0.29) is 23.6 Å². The summed E-state index contributed by atoms with van der Waals surface area (Å²) in [6.07, 6.45) is -4.44. The van der Waals surface area contributed by atoms with Crippen LogP contribution in [0.4, 0.5) is 13.2 Å². The summed E-state index contributed by atoms with van der Waals surface area (Å²) in [4.78, 5) is 13.6. The number of benzene rings is 1. The van der Waals surface area contributed by atoms with Gasteiger partial charge in [0, 0.05) is 18.7 Å². The van der Waals surface area contributed by atoms with Crippen LogP contribution in [0.25, 0.3) is 0 Å². The summed E-state index contributed by atoms with van der Waals surface area (Å²) in [6, 6.07) is 2.76. The molecule has 0 radical (unpaired) electrons. The van der Waals surface area contributed by atoms with Crippen LogP contribution in [0.5, 0.6) is 0 Å². The van der Waals surface area contributed by atoms with Gasteiger partial charge in [-0.25, -0.2) is 0 Å². The molecule has 1 N–H and O–H groups in total. The third-order valence-electron chi connectivity index (χ3n) is 3.46. The van der Waals surface area contributed by atoms with Gasteiger partial charge in [-0.05, 0) is 43.3 Å². The van der Waals surface area contributed by atoms with E-state index >= 15 is 0 Å². The fraction of sp³-hybridized carbons (Fsp3) is 0.500. The number of halogens is 3. The normalized spacial score (nSPS) is 16.2. The van der Waals surface area contributed by atoms with Crippen LogP contribution in [0.3, 0.4) is 0 Å². The highest BCUT2D eigenvalue weighted by molar-refractivity contribution is 5.99. The van der Waals surface area contributed by atoms with Gasteiger partial charge in [0.05, 0.1) is 5.56 Å². The number of fused-ring (bicyclic) bond motifs is 1. The Morgan fingerprint density at radius 3 is 2.55 bits per heavy atom. The standard InChI is InChI=1S/C14H17F3N2O/c1-8(7-19(2)3)9-4-10-11(6-18-13(10)20)12(5-9)14(15,16)17/h4-5,8H,6-7H2,1-3H3,(H,18,20). The summed E-state index contributed by atoms with van der Waals surface area (Å²) in [5.74, 6) is -0.505. The number of rotatable bonds is 3. The van der Waals surface area contributed by atoms with Crippen LogP contribution < -0.4 is 5.32 Å². The Kier molecular flexibility index (Phi) is 3.77. The minimum atomic E-state index is -4.44. The molecular formula is C14H17F3N2O. The number of nitrogens with one attached hydrogen (secondary N) is 1. The number of nitrogens with zero attached hydrogens (tertiary/aromatic N) is 1. The number of amides is 1. The highest BCUT2D eigenvalue weighted by Gasteiger charge is 2.38. The fourth-order valence-electron chi connectivity index (χ4n) is 2.54. The number of alkyl halides is 3. The maximum absolute atomic E-state index is 13.1. The Labute approximate surface area is 115 Å². The van der Waals surface area contributed by atoms with Gasteiger partial charge >= 0.3 is 6.18 Å². The third-order valence-corrected chi connectivity index (χ3v) is 3.46. The number of carbonyl (C=O) groups excluding carboxylic acids is 1. The predicted molar refractivity (Wildman–Crippen MR) is 69.6 cm³/mol. The van der Waals surface area contributed by atoms with E-state index in [2.05, 4.69) is 5.32 Å². The van der Waals surface area contributed by atoms with Gasteiger partial charge in [0.15, 0.2) is 0 Å². The zero-order valence-electron chi connectivity index (χ0n) is 11.6. The van der Waals surface area contributed by atoms with Gasteiger partial charge < -0.3 is 10.2 Å². The minimum absolute atomic E-state index is 0.0502. The van der Waals surface area contributed by atoms with E-state index in [4.69, 9.17) is 0 Å². The SMILES string of the molecule is CC(CN(C)C)c1cc2c(c(C(F)(F)F)c1)CNC2=O. The molecule has 0 fully saturated rings. The second kappa shape index (κ2) is 5.09. The van der Waals surface area contributed by atoms with Crippen LogP contribution in [0.1, 0.15) is 39.9 Å². The first-order valence-corrected chi connectivity index (χ1v) is 6.37. The smallest absolute Gasteiger partial charge is 0.348 e. The van der Waals surface area contributed by atoms with Gasteiger partial charge in [-0.1, -0.05) is 6.92 Å². The minimum Gasteiger partial charge on any atom is -0.348 e. The lowest BCUT2D eigenvalue weighted by Crippen LogP contribution is -2.19. The van der Waals surface area contributed by atoms with E-state index in [0.717, 1.165) is 0 Å². The van der Waals surface area contributed by atoms with Crippen molar-refractivity contribution in [1.82, 2.24) is 10.2 Å². The van der Waals surface area contributed by atoms with Crippen LogP contribution in [0.2, 0.25) is 0 Å². The highest BCUT2D eigenvalue weighted by Crippen LogP contribution is 2.37. The number of carbonyl (C=O) groups is 1. The first-order valence-electron chi connectivity index (χ1n) is 6.37. The molecule has 2 rings (SSSR count). The van der Waals surface area contributed by atoms with Crippen molar-refractivity contribution in [2.24, 2.45) is 0 Å². The lowest BCUT2D eigenvalue weighted by molar-refractivity contribution is -0.138. The summed E-state index contributed by atoms with van der Waals surface area (Å²) >= 11 is 0.